The number of fused-ring (bicyclic) bond motifs is 1. The Kier molecular flexibility index (Phi) is 3.74. The van der Waals surface area contributed by atoms with Gasteiger partial charge in [-0.2, -0.15) is 0 Å². The van der Waals surface area contributed by atoms with Gasteiger partial charge < -0.3 is 10.2 Å². The first-order valence-electron chi connectivity index (χ1n) is 6.61. The van der Waals surface area contributed by atoms with Crippen molar-refractivity contribution in [3.05, 3.63) is 58.6 Å². The molecular weight excluding hydrogens is 316 g/mol. The second-order valence-corrected chi connectivity index (χ2v) is 5.70. The average molecular weight is 331 g/mol. The summed E-state index contributed by atoms with van der Waals surface area (Å²) in [4.78, 5) is 14.0. The van der Waals surface area contributed by atoms with E-state index in [-0.39, 0.29) is 5.91 Å². The lowest BCUT2D eigenvalue weighted by molar-refractivity contribution is -0.115. The molecule has 0 saturated carbocycles. The molecule has 0 atom stereocenters. The van der Waals surface area contributed by atoms with Crippen LogP contribution in [0.5, 0.6) is 0 Å². The molecule has 0 bridgehead atoms. The van der Waals surface area contributed by atoms with Gasteiger partial charge >= 0.3 is 0 Å². The lowest BCUT2D eigenvalue weighted by Crippen LogP contribution is -2.24. The first-order valence-corrected chi connectivity index (χ1v) is 7.40. The number of anilines is 2. The van der Waals surface area contributed by atoms with Crippen molar-refractivity contribution in [2.45, 2.75) is 13.0 Å². The Balaban J connectivity index is 1.97. The summed E-state index contributed by atoms with van der Waals surface area (Å²) in [7, 11) is 0. The summed E-state index contributed by atoms with van der Waals surface area (Å²) in [6.45, 7) is 1.52. The molecular formula is C16H15BrN2O. The van der Waals surface area contributed by atoms with E-state index < -0.39 is 0 Å². The van der Waals surface area contributed by atoms with E-state index in [9.17, 15) is 4.79 Å². The zero-order valence-corrected chi connectivity index (χ0v) is 12.6. The van der Waals surface area contributed by atoms with Gasteiger partial charge in [-0.1, -0.05) is 36.4 Å². The molecule has 0 aromatic heterocycles. The van der Waals surface area contributed by atoms with Crippen molar-refractivity contribution in [1.29, 1.82) is 0 Å². The monoisotopic (exact) mass is 330 g/mol. The fraction of sp³-hybridized carbons (Fsp3) is 0.188. The van der Waals surface area contributed by atoms with Gasteiger partial charge in [-0.05, 0) is 33.6 Å². The lowest BCUT2D eigenvalue weighted by atomic mass is 10.2. The van der Waals surface area contributed by atoms with Crippen molar-refractivity contribution < 1.29 is 4.79 Å². The van der Waals surface area contributed by atoms with Gasteiger partial charge in [0.2, 0.25) is 5.91 Å². The number of nitrogens with one attached hydrogen (secondary N) is 1. The molecule has 0 aliphatic carbocycles. The van der Waals surface area contributed by atoms with E-state index >= 15 is 0 Å². The van der Waals surface area contributed by atoms with Crippen LogP contribution in [-0.2, 0) is 11.3 Å². The maximum atomic E-state index is 11.8. The van der Waals surface area contributed by atoms with Crippen LogP contribution in [0.3, 0.4) is 0 Å². The SMILES string of the molecule is O=C1CCN(Cc2ccccc2)c2c(Br)cccc2N1. The third-order valence-electron chi connectivity index (χ3n) is 3.40. The fourth-order valence-corrected chi connectivity index (χ4v) is 3.08. The highest BCUT2D eigenvalue weighted by Crippen LogP contribution is 2.36. The molecule has 0 radical (unpaired) electrons. The summed E-state index contributed by atoms with van der Waals surface area (Å²) in [5.74, 6) is 0.0694. The molecule has 0 saturated heterocycles. The molecule has 1 aliphatic rings. The van der Waals surface area contributed by atoms with Crippen molar-refractivity contribution in [3.8, 4) is 0 Å². The Hall–Kier alpha value is -1.81. The highest BCUT2D eigenvalue weighted by atomic mass is 79.9. The van der Waals surface area contributed by atoms with Crippen LogP contribution in [0.25, 0.3) is 0 Å². The van der Waals surface area contributed by atoms with E-state index in [0.29, 0.717) is 6.42 Å². The third-order valence-corrected chi connectivity index (χ3v) is 4.04. The van der Waals surface area contributed by atoms with E-state index in [1.807, 2.05) is 36.4 Å². The number of halogens is 1. The Morgan fingerprint density at radius 2 is 1.90 bits per heavy atom. The van der Waals surface area contributed by atoms with Gasteiger partial charge in [0.1, 0.15) is 0 Å². The molecule has 1 amide bonds. The minimum Gasteiger partial charge on any atom is -0.364 e. The van der Waals surface area contributed by atoms with Gasteiger partial charge in [0.05, 0.1) is 11.4 Å². The first-order chi connectivity index (χ1) is 9.74. The number of carbonyl (C=O) groups excluding carboxylic acids is 1. The Bertz CT molecular complexity index is 628. The first kappa shape index (κ1) is 13.2. The highest BCUT2D eigenvalue weighted by molar-refractivity contribution is 9.10. The maximum absolute atomic E-state index is 11.8. The molecule has 20 heavy (non-hydrogen) atoms. The van der Waals surface area contributed by atoms with E-state index in [4.69, 9.17) is 0 Å². The van der Waals surface area contributed by atoms with E-state index in [1.54, 1.807) is 0 Å². The van der Waals surface area contributed by atoms with Crippen LogP contribution >= 0.6 is 15.9 Å². The molecule has 3 nitrogen and oxygen atoms in total. The predicted octanol–water partition coefficient (Wildman–Crippen LogP) is 3.80. The molecule has 0 spiro atoms. The summed E-state index contributed by atoms with van der Waals surface area (Å²) in [5, 5.41) is 2.97. The number of carbonyl (C=O) groups is 1. The van der Waals surface area contributed by atoms with Gasteiger partial charge in [-0.15, -0.1) is 0 Å². The molecule has 3 rings (SSSR count). The lowest BCUT2D eigenvalue weighted by Gasteiger charge is -2.25. The number of hydrogen-bond acceptors (Lipinski definition) is 2. The van der Waals surface area contributed by atoms with Gasteiger partial charge in [-0.3, -0.25) is 4.79 Å². The summed E-state index contributed by atoms with van der Waals surface area (Å²) < 4.78 is 1.01. The largest absolute Gasteiger partial charge is 0.364 e. The average Bonchev–Trinajstić information content (AvgIpc) is 2.60. The van der Waals surface area contributed by atoms with E-state index in [1.165, 1.54) is 5.56 Å². The van der Waals surface area contributed by atoms with Crippen molar-refractivity contribution in [2.75, 3.05) is 16.8 Å². The normalized spacial score (nSPS) is 14.4. The molecule has 2 aromatic carbocycles. The van der Waals surface area contributed by atoms with Crippen LogP contribution in [0.15, 0.2) is 53.0 Å². The standard InChI is InChI=1S/C16H15BrN2O/c17-13-7-4-8-14-16(13)19(10-9-15(20)18-14)11-12-5-2-1-3-6-12/h1-8H,9-11H2,(H,18,20). The van der Waals surface area contributed by atoms with Crippen molar-refractivity contribution >= 4 is 33.2 Å². The van der Waals surface area contributed by atoms with Gasteiger partial charge in [0, 0.05) is 24.0 Å². The molecule has 0 fully saturated rings. The quantitative estimate of drug-likeness (QED) is 0.908. The van der Waals surface area contributed by atoms with Crippen molar-refractivity contribution in [3.63, 3.8) is 0 Å². The topological polar surface area (TPSA) is 32.3 Å². The Labute approximate surface area is 126 Å². The maximum Gasteiger partial charge on any atom is 0.226 e. The second-order valence-electron chi connectivity index (χ2n) is 4.84. The van der Waals surface area contributed by atoms with Crippen LogP contribution < -0.4 is 10.2 Å². The van der Waals surface area contributed by atoms with Crippen molar-refractivity contribution in [2.24, 2.45) is 0 Å². The molecule has 1 aliphatic heterocycles. The van der Waals surface area contributed by atoms with Crippen LogP contribution in [-0.4, -0.2) is 12.5 Å². The number of amides is 1. The molecule has 2 aromatic rings. The minimum absolute atomic E-state index is 0.0694. The van der Waals surface area contributed by atoms with Crippen LogP contribution in [0.1, 0.15) is 12.0 Å². The number of benzene rings is 2. The van der Waals surface area contributed by atoms with Gasteiger partial charge in [0.25, 0.3) is 0 Å². The molecule has 4 heteroatoms. The van der Waals surface area contributed by atoms with Gasteiger partial charge in [-0.25, -0.2) is 0 Å². The van der Waals surface area contributed by atoms with Crippen LogP contribution in [0.4, 0.5) is 11.4 Å². The summed E-state index contributed by atoms with van der Waals surface area (Å²) in [6, 6.07) is 16.2. The predicted molar refractivity (Wildman–Crippen MR) is 84.9 cm³/mol. The van der Waals surface area contributed by atoms with Crippen LogP contribution in [0, 0.1) is 0 Å². The number of nitrogens with zero attached hydrogens (tertiary/aromatic N) is 1. The summed E-state index contributed by atoms with van der Waals surface area (Å²) in [5.41, 5.74) is 3.17. The highest BCUT2D eigenvalue weighted by Gasteiger charge is 2.21. The fourth-order valence-electron chi connectivity index (χ4n) is 2.46. The zero-order chi connectivity index (χ0) is 13.9. The van der Waals surface area contributed by atoms with Crippen LogP contribution in [0.2, 0.25) is 0 Å². The number of para-hydroxylation sites is 1. The van der Waals surface area contributed by atoms with E-state index in [2.05, 4.69) is 38.3 Å². The zero-order valence-electron chi connectivity index (χ0n) is 11.0. The van der Waals surface area contributed by atoms with E-state index in [0.717, 1.165) is 28.9 Å². The smallest absolute Gasteiger partial charge is 0.226 e. The Morgan fingerprint density at radius 3 is 2.70 bits per heavy atom. The summed E-state index contributed by atoms with van der Waals surface area (Å²) in [6.07, 6.45) is 0.508. The molecule has 0 unspecified atom stereocenters. The molecule has 1 N–H and O–H groups in total. The van der Waals surface area contributed by atoms with Crippen molar-refractivity contribution in [1.82, 2.24) is 0 Å². The number of rotatable bonds is 2. The molecule has 102 valence electrons. The number of hydrogen-bond donors (Lipinski definition) is 1. The summed E-state index contributed by atoms with van der Waals surface area (Å²) >= 11 is 3.60. The second kappa shape index (κ2) is 5.67. The minimum atomic E-state index is 0.0694. The third kappa shape index (κ3) is 2.70. The Morgan fingerprint density at radius 1 is 1.10 bits per heavy atom. The van der Waals surface area contributed by atoms with Gasteiger partial charge in [0.15, 0.2) is 0 Å². The molecule has 1 heterocycles.